The second-order valence-corrected chi connectivity index (χ2v) is 5.24. The number of aryl methyl sites for hydroxylation is 1. The number of amides is 2. The molecule has 1 aliphatic carbocycles. The molecule has 3 N–H and O–H groups in total. The van der Waals surface area contributed by atoms with Crippen molar-refractivity contribution in [3.05, 3.63) is 23.8 Å². The van der Waals surface area contributed by atoms with Gasteiger partial charge in [-0.25, -0.2) is 9.59 Å². The molecule has 0 saturated heterocycles. The van der Waals surface area contributed by atoms with Gasteiger partial charge in [-0.3, -0.25) is 9.97 Å². The zero-order valence-electron chi connectivity index (χ0n) is 11.5. The number of carboxylic acids is 1. The molecule has 2 rings (SSSR count). The van der Waals surface area contributed by atoms with Crippen molar-refractivity contribution in [3.8, 4) is 0 Å². The van der Waals surface area contributed by atoms with Gasteiger partial charge in [0, 0.05) is 6.20 Å². The molecular weight excluding hydrogens is 260 g/mol. The third kappa shape index (κ3) is 3.23. The lowest BCUT2D eigenvalue weighted by atomic mass is 9.96. The van der Waals surface area contributed by atoms with Gasteiger partial charge in [0.2, 0.25) is 0 Å². The largest absolute Gasteiger partial charge is 0.480 e. The second-order valence-electron chi connectivity index (χ2n) is 5.24. The van der Waals surface area contributed by atoms with Crippen LogP contribution in [0.15, 0.2) is 12.4 Å². The van der Waals surface area contributed by atoms with E-state index in [1.165, 1.54) is 6.92 Å². The number of hydrogen-bond donors (Lipinski definition) is 3. The fourth-order valence-corrected chi connectivity index (χ4v) is 1.95. The number of hydrogen-bond acceptors (Lipinski definition) is 4. The molecule has 2 amide bonds. The monoisotopic (exact) mass is 278 g/mol. The molecule has 1 saturated carbocycles. The summed E-state index contributed by atoms with van der Waals surface area (Å²) in [4.78, 5) is 31.3. The summed E-state index contributed by atoms with van der Waals surface area (Å²) in [6.07, 6.45) is 4.84. The van der Waals surface area contributed by atoms with E-state index in [9.17, 15) is 14.7 Å². The molecule has 0 bridgehead atoms. The van der Waals surface area contributed by atoms with Crippen LogP contribution in [0.5, 0.6) is 0 Å². The fraction of sp³-hybridized carbons (Fsp3) is 0.538. The zero-order valence-corrected chi connectivity index (χ0v) is 11.5. The van der Waals surface area contributed by atoms with E-state index in [0.717, 1.165) is 18.5 Å². The SMILES string of the molecule is Cc1cnc(CNC(=O)NC(C)(C(=O)O)C2CC2)cn1. The number of aromatic nitrogens is 2. The first-order valence-corrected chi connectivity index (χ1v) is 6.49. The van der Waals surface area contributed by atoms with Crippen LogP contribution in [0.2, 0.25) is 0 Å². The number of carboxylic acid groups (broad SMARTS) is 1. The Balaban J connectivity index is 1.88. The van der Waals surface area contributed by atoms with E-state index in [2.05, 4.69) is 20.6 Å². The summed E-state index contributed by atoms with van der Waals surface area (Å²) in [6.45, 7) is 3.57. The van der Waals surface area contributed by atoms with Crippen LogP contribution in [-0.2, 0) is 11.3 Å². The molecule has 1 unspecified atom stereocenters. The zero-order chi connectivity index (χ0) is 14.8. The maximum atomic E-state index is 11.8. The summed E-state index contributed by atoms with van der Waals surface area (Å²) < 4.78 is 0. The highest BCUT2D eigenvalue weighted by Crippen LogP contribution is 2.39. The van der Waals surface area contributed by atoms with Crippen molar-refractivity contribution in [2.24, 2.45) is 5.92 Å². The summed E-state index contributed by atoms with van der Waals surface area (Å²) in [7, 11) is 0. The molecule has 1 aromatic rings. The Morgan fingerprint density at radius 3 is 2.60 bits per heavy atom. The van der Waals surface area contributed by atoms with Crippen LogP contribution in [0.1, 0.15) is 31.2 Å². The van der Waals surface area contributed by atoms with Gasteiger partial charge in [0.1, 0.15) is 5.54 Å². The van der Waals surface area contributed by atoms with Crippen LogP contribution >= 0.6 is 0 Å². The lowest BCUT2D eigenvalue weighted by Crippen LogP contribution is -2.56. The molecular formula is C13H18N4O3. The van der Waals surface area contributed by atoms with Gasteiger partial charge in [0.15, 0.2) is 0 Å². The molecule has 0 aromatic carbocycles. The summed E-state index contributed by atoms with van der Waals surface area (Å²) in [5.41, 5.74) is 0.211. The average Bonchev–Trinajstić information content (AvgIpc) is 3.22. The van der Waals surface area contributed by atoms with Gasteiger partial charge in [-0.05, 0) is 32.6 Å². The summed E-state index contributed by atoms with van der Waals surface area (Å²) in [5.74, 6) is -1.00. The minimum absolute atomic E-state index is 0.00455. The van der Waals surface area contributed by atoms with Crippen LogP contribution < -0.4 is 10.6 Å². The van der Waals surface area contributed by atoms with Crippen LogP contribution in [-0.4, -0.2) is 32.6 Å². The van der Waals surface area contributed by atoms with Crippen molar-refractivity contribution in [2.45, 2.75) is 38.8 Å². The van der Waals surface area contributed by atoms with E-state index in [1.54, 1.807) is 12.4 Å². The maximum absolute atomic E-state index is 11.8. The van der Waals surface area contributed by atoms with Crippen molar-refractivity contribution in [3.63, 3.8) is 0 Å². The third-order valence-corrected chi connectivity index (χ3v) is 3.48. The van der Waals surface area contributed by atoms with Gasteiger partial charge < -0.3 is 15.7 Å². The fourth-order valence-electron chi connectivity index (χ4n) is 1.95. The van der Waals surface area contributed by atoms with Crippen molar-refractivity contribution < 1.29 is 14.7 Å². The van der Waals surface area contributed by atoms with E-state index < -0.39 is 17.5 Å². The Morgan fingerprint density at radius 1 is 1.40 bits per heavy atom. The topological polar surface area (TPSA) is 104 Å². The number of aliphatic carboxylic acids is 1. The molecule has 7 nitrogen and oxygen atoms in total. The highest BCUT2D eigenvalue weighted by Gasteiger charge is 2.48. The first-order valence-electron chi connectivity index (χ1n) is 6.49. The van der Waals surface area contributed by atoms with Crippen molar-refractivity contribution >= 4 is 12.0 Å². The smallest absolute Gasteiger partial charge is 0.329 e. The lowest BCUT2D eigenvalue weighted by Gasteiger charge is -2.26. The standard InChI is InChI=1S/C13H18N4O3/c1-8-5-15-10(6-14-8)7-16-12(20)17-13(2,11(18)19)9-3-4-9/h5-6,9H,3-4,7H2,1-2H3,(H,18,19)(H2,16,17,20). The molecule has 1 atom stereocenters. The van der Waals surface area contributed by atoms with E-state index in [-0.39, 0.29) is 12.5 Å². The van der Waals surface area contributed by atoms with E-state index >= 15 is 0 Å². The predicted molar refractivity (Wildman–Crippen MR) is 70.9 cm³/mol. The van der Waals surface area contributed by atoms with Crippen LogP contribution in [0, 0.1) is 12.8 Å². The highest BCUT2D eigenvalue weighted by atomic mass is 16.4. The average molecular weight is 278 g/mol. The summed E-state index contributed by atoms with van der Waals surface area (Å²) in [5, 5.41) is 14.4. The summed E-state index contributed by atoms with van der Waals surface area (Å²) in [6, 6.07) is -0.510. The summed E-state index contributed by atoms with van der Waals surface area (Å²) >= 11 is 0. The van der Waals surface area contributed by atoms with Gasteiger partial charge in [0.25, 0.3) is 0 Å². The van der Waals surface area contributed by atoms with E-state index in [0.29, 0.717) is 5.69 Å². The van der Waals surface area contributed by atoms with Crippen molar-refractivity contribution in [1.82, 2.24) is 20.6 Å². The van der Waals surface area contributed by atoms with Crippen molar-refractivity contribution in [1.29, 1.82) is 0 Å². The quantitative estimate of drug-likeness (QED) is 0.740. The molecule has 108 valence electrons. The van der Waals surface area contributed by atoms with Crippen molar-refractivity contribution in [2.75, 3.05) is 0 Å². The number of urea groups is 1. The van der Waals surface area contributed by atoms with Gasteiger partial charge in [-0.15, -0.1) is 0 Å². The number of nitrogens with one attached hydrogen (secondary N) is 2. The Bertz CT molecular complexity index is 513. The number of carbonyl (C=O) groups excluding carboxylic acids is 1. The Morgan fingerprint density at radius 2 is 2.10 bits per heavy atom. The number of nitrogens with zero attached hydrogens (tertiary/aromatic N) is 2. The number of rotatable bonds is 5. The highest BCUT2D eigenvalue weighted by molar-refractivity contribution is 5.86. The lowest BCUT2D eigenvalue weighted by molar-refractivity contribution is -0.144. The first-order chi connectivity index (χ1) is 9.41. The molecule has 0 aliphatic heterocycles. The van der Waals surface area contributed by atoms with Crippen LogP contribution in [0.25, 0.3) is 0 Å². The molecule has 7 heteroatoms. The van der Waals surface area contributed by atoms with Crippen LogP contribution in [0.4, 0.5) is 4.79 Å². The predicted octanol–water partition coefficient (Wildman–Crippen LogP) is 0.838. The second kappa shape index (κ2) is 5.44. The maximum Gasteiger partial charge on any atom is 0.329 e. The molecule has 0 radical (unpaired) electrons. The molecule has 1 heterocycles. The molecule has 1 fully saturated rings. The van der Waals surface area contributed by atoms with Gasteiger partial charge in [-0.1, -0.05) is 0 Å². The normalized spacial score (nSPS) is 17.1. The molecule has 1 aromatic heterocycles. The van der Waals surface area contributed by atoms with E-state index in [1.807, 2.05) is 6.92 Å². The first kappa shape index (κ1) is 14.2. The Hall–Kier alpha value is -2.18. The van der Waals surface area contributed by atoms with Gasteiger partial charge >= 0.3 is 12.0 Å². The minimum atomic E-state index is -1.21. The van der Waals surface area contributed by atoms with Crippen LogP contribution in [0.3, 0.4) is 0 Å². The van der Waals surface area contributed by atoms with Gasteiger partial charge in [-0.2, -0.15) is 0 Å². The molecule has 1 aliphatic rings. The molecule has 0 spiro atoms. The Kier molecular flexibility index (Phi) is 3.87. The Labute approximate surface area is 116 Å². The van der Waals surface area contributed by atoms with E-state index in [4.69, 9.17) is 0 Å². The minimum Gasteiger partial charge on any atom is -0.480 e. The molecule has 20 heavy (non-hydrogen) atoms. The third-order valence-electron chi connectivity index (χ3n) is 3.48. The number of carbonyl (C=O) groups is 2. The van der Waals surface area contributed by atoms with Gasteiger partial charge in [0.05, 0.1) is 24.1 Å².